The van der Waals surface area contributed by atoms with Crippen LogP contribution in [0.5, 0.6) is 0 Å². The molecule has 0 unspecified atom stereocenters. The van der Waals surface area contributed by atoms with Crippen LogP contribution >= 0.6 is 11.6 Å². The number of nitrogens with zero attached hydrogens (tertiary/aromatic N) is 2. The van der Waals surface area contributed by atoms with Crippen molar-refractivity contribution >= 4 is 23.4 Å². The maximum Gasteiger partial charge on any atom is 0.222 e. The van der Waals surface area contributed by atoms with Crippen molar-refractivity contribution in [1.82, 2.24) is 9.97 Å². The van der Waals surface area contributed by atoms with Gasteiger partial charge in [0.15, 0.2) is 0 Å². The predicted octanol–water partition coefficient (Wildman–Crippen LogP) is 5.50. The van der Waals surface area contributed by atoms with Gasteiger partial charge in [-0.15, -0.1) is 0 Å². The number of halogens is 1. The quantitative estimate of drug-likeness (QED) is 0.556. The topological polar surface area (TPSA) is 63.8 Å². The van der Waals surface area contributed by atoms with Gasteiger partial charge in [-0.05, 0) is 48.4 Å². The normalized spacial score (nSPS) is 11.0. The third kappa shape index (κ3) is 5.02. The van der Waals surface area contributed by atoms with E-state index in [1.807, 2.05) is 31.2 Å². The number of rotatable bonds is 7. The third-order valence-corrected chi connectivity index (χ3v) is 5.06. The second-order valence-electron chi connectivity index (χ2n) is 7.24. The number of anilines is 2. The molecule has 5 heteroatoms. The van der Waals surface area contributed by atoms with Crippen molar-refractivity contribution in [2.75, 3.05) is 17.6 Å². The molecule has 0 atom stereocenters. The molecule has 0 aliphatic heterocycles. The lowest BCUT2D eigenvalue weighted by Gasteiger charge is -2.13. The fourth-order valence-electron chi connectivity index (χ4n) is 3.26. The van der Waals surface area contributed by atoms with Crippen molar-refractivity contribution in [3.63, 3.8) is 0 Å². The smallest absolute Gasteiger partial charge is 0.222 e. The van der Waals surface area contributed by atoms with E-state index in [4.69, 9.17) is 17.3 Å². The molecule has 0 amide bonds. The van der Waals surface area contributed by atoms with Crippen LogP contribution < -0.4 is 11.1 Å². The summed E-state index contributed by atoms with van der Waals surface area (Å²) in [5, 5.41) is 4.10. The Morgan fingerprint density at radius 1 is 1.04 bits per heavy atom. The molecule has 0 saturated carbocycles. The lowest BCUT2D eigenvalue weighted by atomic mass is 9.96. The number of nitrogens with one attached hydrogen (secondary N) is 1. The number of benzene rings is 2. The first-order valence-corrected chi connectivity index (χ1v) is 9.81. The molecule has 3 rings (SSSR count). The van der Waals surface area contributed by atoms with Gasteiger partial charge < -0.3 is 11.1 Å². The highest BCUT2D eigenvalue weighted by Crippen LogP contribution is 2.28. The van der Waals surface area contributed by atoms with Crippen LogP contribution in [-0.4, -0.2) is 16.5 Å². The molecule has 0 bridgehead atoms. The van der Waals surface area contributed by atoms with Crippen LogP contribution in [-0.2, 0) is 12.8 Å². The molecular formula is C23H26ClN4. The highest BCUT2D eigenvalue weighted by molar-refractivity contribution is 6.31. The van der Waals surface area contributed by atoms with Crippen LogP contribution in [0.1, 0.15) is 30.5 Å². The minimum atomic E-state index is 0.246. The van der Waals surface area contributed by atoms with Crippen molar-refractivity contribution in [3.8, 4) is 11.3 Å². The SMILES string of the molecule is C[C](C)Cc1ccccc1CCNc1cc(-c2cccc(Cl)c2C)nc(N)n1. The fourth-order valence-corrected chi connectivity index (χ4v) is 3.43. The van der Waals surface area contributed by atoms with E-state index in [1.54, 1.807) is 0 Å². The summed E-state index contributed by atoms with van der Waals surface area (Å²) >= 11 is 6.25. The van der Waals surface area contributed by atoms with Gasteiger partial charge in [-0.25, -0.2) is 4.98 Å². The Morgan fingerprint density at radius 2 is 1.79 bits per heavy atom. The standard InChI is InChI=1S/C23H26ClN4/c1-15(2)13-18-8-5-4-7-17(18)11-12-26-22-14-21(27-23(25)28-22)19-9-6-10-20(24)16(19)3/h4-10,14H,11-13H2,1-3H3,(H3,25,26,27,28). The van der Waals surface area contributed by atoms with Gasteiger partial charge >= 0.3 is 0 Å². The molecule has 0 fully saturated rings. The highest BCUT2D eigenvalue weighted by Gasteiger charge is 2.10. The van der Waals surface area contributed by atoms with E-state index in [-0.39, 0.29) is 5.95 Å². The van der Waals surface area contributed by atoms with Crippen molar-refractivity contribution < 1.29 is 0 Å². The summed E-state index contributed by atoms with van der Waals surface area (Å²) in [6.07, 6.45) is 1.92. The number of hydrogen-bond donors (Lipinski definition) is 2. The first-order chi connectivity index (χ1) is 13.4. The molecule has 0 aliphatic carbocycles. The number of nitrogens with two attached hydrogens (primary N) is 1. The maximum atomic E-state index is 6.25. The summed E-state index contributed by atoms with van der Waals surface area (Å²) < 4.78 is 0. The van der Waals surface area contributed by atoms with Crippen LogP contribution in [0.3, 0.4) is 0 Å². The van der Waals surface area contributed by atoms with Gasteiger partial charge in [-0.2, -0.15) is 4.98 Å². The van der Waals surface area contributed by atoms with E-state index in [9.17, 15) is 0 Å². The predicted molar refractivity (Wildman–Crippen MR) is 119 cm³/mol. The summed E-state index contributed by atoms with van der Waals surface area (Å²) in [7, 11) is 0. The summed E-state index contributed by atoms with van der Waals surface area (Å²) in [4.78, 5) is 8.72. The van der Waals surface area contributed by atoms with Crippen molar-refractivity contribution in [1.29, 1.82) is 0 Å². The number of hydrogen-bond acceptors (Lipinski definition) is 4. The summed E-state index contributed by atoms with van der Waals surface area (Å²) in [6, 6.07) is 16.3. The molecule has 3 aromatic rings. The fraction of sp³-hybridized carbons (Fsp3) is 0.261. The van der Waals surface area contributed by atoms with Crippen LogP contribution in [0.2, 0.25) is 5.02 Å². The first-order valence-electron chi connectivity index (χ1n) is 9.44. The second kappa shape index (κ2) is 9.07. The van der Waals surface area contributed by atoms with Crippen molar-refractivity contribution in [2.24, 2.45) is 0 Å². The average Bonchev–Trinajstić information content (AvgIpc) is 2.64. The zero-order chi connectivity index (χ0) is 20.1. The van der Waals surface area contributed by atoms with Crippen LogP contribution in [0.25, 0.3) is 11.3 Å². The largest absolute Gasteiger partial charge is 0.370 e. The highest BCUT2D eigenvalue weighted by atomic mass is 35.5. The molecule has 145 valence electrons. The van der Waals surface area contributed by atoms with E-state index in [2.05, 4.69) is 53.4 Å². The Labute approximate surface area is 172 Å². The maximum absolute atomic E-state index is 6.25. The molecule has 4 nitrogen and oxygen atoms in total. The Hall–Kier alpha value is -2.59. The molecule has 3 N–H and O–H groups in total. The van der Waals surface area contributed by atoms with E-state index in [1.165, 1.54) is 17.0 Å². The van der Waals surface area contributed by atoms with Gasteiger partial charge in [-0.3, -0.25) is 0 Å². The molecule has 1 radical (unpaired) electrons. The van der Waals surface area contributed by atoms with E-state index < -0.39 is 0 Å². The molecule has 0 saturated heterocycles. The lowest BCUT2D eigenvalue weighted by Crippen LogP contribution is -2.10. The zero-order valence-corrected chi connectivity index (χ0v) is 17.3. The van der Waals surface area contributed by atoms with Gasteiger partial charge in [0.05, 0.1) is 5.69 Å². The minimum absolute atomic E-state index is 0.246. The average molecular weight is 394 g/mol. The van der Waals surface area contributed by atoms with Crippen LogP contribution in [0.4, 0.5) is 11.8 Å². The van der Waals surface area contributed by atoms with Gasteiger partial charge in [0.1, 0.15) is 5.82 Å². The van der Waals surface area contributed by atoms with Gasteiger partial charge in [-0.1, -0.05) is 61.8 Å². The number of aromatic nitrogens is 2. The van der Waals surface area contributed by atoms with Crippen molar-refractivity contribution in [3.05, 3.63) is 76.2 Å². The summed E-state index contributed by atoms with van der Waals surface area (Å²) in [5.41, 5.74) is 11.4. The Morgan fingerprint density at radius 3 is 2.54 bits per heavy atom. The molecule has 28 heavy (non-hydrogen) atoms. The second-order valence-corrected chi connectivity index (χ2v) is 7.65. The van der Waals surface area contributed by atoms with Crippen LogP contribution in [0, 0.1) is 12.8 Å². The van der Waals surface area contributed by atoms with Gasteiger partial charge in [0, 0.05) is 23.2 Å². The lowest BCUT2D eigenvalue weighted by molar-refractivity contribution is 0.914. The molecular weight excluding hydrogens is 368 g/mol. The summed E-state index contributed by atoms with van der Waals surface area (Å²) in [6.45, 7) is 7.08. The Bertz CT molecular complexity index is 953. The molecule has 0 aliphatic rings. The van der Waals surface area contributed by atoms with E-state index in [0.29, 0.717) is 5.02 Å². The Balaban J connectivity index is 1.74. The van der Waals surface area contributed by atoms with Crippen molar-refractivity contribution in [2.45, 2.75) is 33.6 Å². The zero-order valence-electron chi connectivity index (χ0n) is 16.6. The summed E-state index contributed by atoms with van der Waals surface area (Å²) in [5.74, 6) is 2.37. The molecule has 2 aromatic carbocycles. The Kier molecular flexibility index (Phi) is 6.53. The number of nitrogen functional groups attached to an aromatic ring is 1. The molecule has 1 heterocycles. The van der Waals surface area contributed by atoms with Gasteiger partial charge in [0.25, 0.3) is 0 Å². The van der Waals surface area contributed by atoms with E-state index >= 15 is 0 Å². The molecule has 1 aromatic heterocycles. The van der Waals surface area contributed by atoms with E-state index in [0.717, 1.165) is 42.0 Å². The first kappa shape index (κ1) is 20.2. The third-order valence-electron chi connectivity index (χ3n) is 4.65. The van der Waals surface area contributed by atoms with Gasteiger partial charge in [0.2, 0.25) is 5.95 Å². The van der Waals surface area contributed by atoms with Crippen LogP contribution in [0.15, 0.2) is 48.5 Å². The minimum Gasteiger partial charge on any atom is -0.370 e. The monoisotopic (exact) mass is 393 g/mol. The molecule has 0 spiro atoms.